The van der Waals surface area contributed by atoms with Gasteiger partial charge in [0.05, 0.1) is 12.2 Å². The van der Waals surface area contributed by atoms with Crippen LogP contribution in [0.1, 0.15) is 27.6 Å². The normalized spacial score (nSPS) is 9.95. The molecule has 5 nitrogen and oxygen atoms in total. The average Bonchev–Trinajstić information content (AvgIpc) is 2.48. The maximum absolute atomic E-state index is 11.7. The number of benzene rings is 2. The fraction of sp³-hybridized carbons (Fsp3) is 0.125. The van der Waals surface area contributed by atoms with Crippen molar-refractivity contribution >= 4 is 11.9 Å². The number of hydrogen-bond donors (Lipinski definition) is 1. The minimum atomic E-state index is -1.08. The van der Waals surface area contributed by atoms with Crippen molar-refractivity contribution in [2.75, 3.05) is 6.61 Å². The van der Waals surface area contributed by atoms with Gasteiger partial charge >= 0.3 is 11.9 Å². The summed E-state index contributed by atoms with van der Waals surface area (Å²) >= 11 is 0. The van der Waals surface area contributed by atoms with E-state index in [1.54, 1.807) is 43.3 Å². The van der Waals surface area contributed by atoms with Gasteiger partial charge < -0.3 is 14.6 Å². The van der Waals surface area contributed by atoms with Crippen LogP contribution in [0.2, 0.25) is 0 Å². The molecular weight excluding hydrogens is 272 g/mol. The molecule has 0 saturated carbocycles. The van der Waals surface area contributed by atoms with E-state index in [0.717, 1.165) is 0 Å². The molecule has 0 aliphatic carbocycles. The van der Waals surface area contributed by atoms with Crippen LogP contribution in [0.3, 0.4) is 0 Å². The quantitative estimate of drug-likeness (QED) is 0.853. The number of aromatic carboxylic acids is 1. The number of carbonyl (C=O) groups is 2. The Balaban J connectivity index is 2.26. The highest BCUT2D eigenvalue weighted by atomic mass is 16.5. The third-order valence-electron chi connectivity index (χ3n) is 2.69. The van der Waals surface area contributed by atoms with Crippen molar-refractivity contribution in [2.24, 2.45) is 0 Å². The fourth-order valence-electron chi connectivity index (χ4n) is 1.76. The Morgan fingerprint density at radius 2 is 1.86 bits per heavy atom. The van der Waals surface area contributed by atoms with Gasteiger partial charge in [-0.25, -0.2) is 9.59 Å². The predicted molar refractivity (Wildman–Crippen MR) is 75.9 cm³/mol. The van der Waals surface area contributed by atoms with Gasteiger partial charge in [-0.2, -0.15) is 0 Å². The largest absolute Gasteiger partial charge is 0.478 e. The second-order valence-corrected chi connectivity index (χ2v) is 4.15. The maximum atomic E-state index is 11.7. The first kappa shape index (κ1) is 14.6. The monoisotopic (exact) mass is 286 g/mol. The van der Waals surface area contributed by atoms with Gasteiger partial charge in [-0.15, -0.1) is 0 Å². The van der Waals surface area contributed by atoms with Crippen LogP contribution in [0.15, 0.2) is 48.5 Å². The molecule has 2 aromatic carbocycles. The smallest absolute Gasteiger partial charge is 0.339 e. The fourth-order valence-corrected chi connectivity index (χ4v) is 1.76. The number of ether oxygens (including phenoxy) is 2. The van der Waals surface area contributed by atoms with Crippen molar-refractivity contribution in [3.63, 3.8) is 0 Å². The van der Waals surface area contributed by atoms with Crippen LogP contribution < -0.4 is 4.74 Å². The number of carboxylic acids is 1. The maximum Gasteiger partial charge on any atom is 0.339 e. The number of para-hydroxylation sites is 1. The number of carbonyl (C=O) groups excluding carboxylic acids is 1. The summed E-state index contributed by atoms with van der Waals surface area (Å²) in [5, 5.41) is 9.10. The number of carboxylic acid groups (broad SMARTS) is 1. The molecular formula is C16H14O5. The number of esters is 1. The van der Waals surface area contributed by atoms with Crippen molar-refractivity contribution in [3.05, 3.63) is 59.7 Å². The standard InChI is InChI=1S/C16H14O5/c1-2-20-16(19)11-6-5-7-12(10-11)21-14-9-4-3-8-13(14)15(17)18/h3-10H,2H2,1H3,(H,17,18). The molecule has 0 amide bonds. The Kier molecular flexibility index (Phi) is 4.56. The van der Waals surface area contributed by atoms with Crippen LogP contribution in [0.4, 0.5) is 0 Å². The SMILES string of the molecule is CCOC(=O)c1cccc(Oc2ccccc2C(=O)O)c1. The summed E-state index contributed by atoms with van der Waals surface area (Å²) in [5.74, 6) is -0.943. The number of hydrogen-bond acceptors (Lipinski definition) is 4. The lowest BCUT2D eigenvalue weighted by molar-refractivity contribution is 0.0525. The van der Waals surface area contributed by atoms with Gasteiger partial charge in [-0.3, -0.25) is 0 Å². The summed E-state index contributed by atoms with van der Waals surface area (Å²) in [6, 6.07) is 12.7. The predicted octanol–water partition coefficient (Wildman–Crippen LogP) is 3.35. The van der Waals surface area contributed by atoms with E-state index in [1.165, 1.54) is 12.1 Å². The zero-order valence-electron chi connectivity index (χ0n) is 11.4. The van der Waals surface area contributed by atoms with Crippen molar-refractivity contribution in [1.29, 1.82) is 0 Å². The van der Waals surface area contributed by atoms with Gasteiger partial charge in [0.15, 0.2) is 0 Å². The van der Waals surface area contributed by atoms with Crippen molar-refractivity contribution in [3.8, 4) is 11.5 Å². The molecule has 0 aliphatic heterocycles. The highest BCUT2D eigenvalue weighted by Gasteiger charge is 2.12. The second-order valence-electron chi connectivity index (χ2n) is 4.15. The molecule has 0 bridgehead atoms. The highest BCUT2D eigenvalue weighted by molar-refractivity contribution is 5.91. The third-order valence-corrected chi connectivity index (χ3v) is 2.69. The van der Waals surface area contributed by atoms with Crippen LogP contribution in [0, 0.1) is 0 Å². The molecule has 0 unspecified atom stereocenters. The van der Waals surface area contributed by atoms with Gasteiger partial charge in [0.2, 0.25) is 0 Å². The van der Waals surface area contributed by atoms with E-state index in [9.17, 15) is 9.59 Å². The lowest BCUT2D eigenvalue weighted by atomic mass is 10.2. The van der Waals surface area contributed by atoms with Crippen molar-refractivity contribution in [2.45, 2.75) is 6.92 Å². The minimum Gasteiger partial charge on any atom is -0.478 e. The van der Waals surface area contributed by atoms with E-state index in [1.807, 2.05) is 0 Å². The first-order chi connectivity index (χ1) is 10.1. The summed E-state index contributed by atoms with van der Waals surface area (Å²) < 4.78 is 10.5. The van der Waals surface area contributed by atoms with Gasteiger partial charge in [0, 0.05) is 0 Å². The molecule has 5 heteroatoms. The van der Waals surface area contributed by atoms with E-state index in [2.05, 4.69) is 0 Å². The van der Waals surface area contributed by atoms with Crippen LogP contribution in [0.5, 0.6) is 11.5 Å². The zero-order valence-corrected chi connectivity index (χ0v) is 11.4. The Hall–Kier alpha value is -2.82. The summed E-state index contributed by atoms with van der Waals surface area (Å²) in [6.07, 6.45) is 0. The second kappa shape index (κ2) is 6.56. The Morgan fingerprint density at radius 3 is 2.57 bits per heavy atom. The molecule has 0 radical (unpaired) electrons. The van der Waals surface area contributed by atoms with E-state index in [0.29, 0.717) is 11.3 Å². The lowest BCUT2D eigenvalue weighted by Crippen LogP contribution is -2.04. The van der Waals surface area contributed by atoms with Gasteiger partial charge in [-0.1, -0.05) is 18.2 Å². The van der Waals surface area contributed by atoms with E-state index in [-0.39, 0.29) is 17.9 Å². The molecule has 0 aromatic heterocycles. The third kappa shape index (κ3) is 3.60. The first-order valence-electron chi connectivity index (χ1n) is 6.39. The van der Waals surface area contributed by atoms with E-state index < -0.39 is 11.9 Å². The lowest BCUT2D eigenvalue weighted by Gasteiger charge is -2.09. The van der Waals surface area contributed by atoms with Crippen LogP contribution in [-0.4, -0.2) is 23.7 Å². The van der Waals surface area contributed by atoms with Crippen LogP contribution in [-0.2, 0) is 4.74 Å². The first-order valence-corrected chi connectivity index (χ1v) is 6.39. The van der Waals surface area contributed by atoms with Gasteiger partial charge in [0.25, 0.3) is 0 Å². The zero-order chi connectivity index (χ0) is 15.2. The van der Waals surface area contributed by atoms with E-state index in [4.69, 9.17) is 14.6 Å². The Morgan fingerprint density at radius 1 is 1.10 bits per heavy atom. The molecule has 0 heterocycles. The van der Waals surface area contributed by atoms with Crippen molar-refractivity contribution < 1.29 is 24.2 Å². The van der Waals surface area contributed by atoms with Gasteiger partial charge in [-0.05, 0) is 37.3 Å². The summed E-state index contributed by atoms with van der Waals surface area (Å²) in [7, 11) is 0. The van der Waals surface area contributed by atoms with Crippen LogP contribution >= 0.6 is 0 Å². The molecule has 1 N–H and O–H groups in total. The highest BCUT2D eigenvalue weighted by Crippen LogP contribution is 2.26. The summed E-state index contributed by atoms with van der Waals surface area (Å²) in [5.41, 5.74) is 0.404. The molecule has 0 atom stereocenters. The minimum absolute atomic E-state index is 0.0547. The molecule has 0 fully saturated rings. The Labute approximate surface area is 121 Å². The number of rotatable bonds is 5. The molecule has 0 spiro atoms. The Bertz CT molecular complexity index is 663. The molecule has 0 saturated heterocycles. The average molecular weight is 286 g/mol. The van der Waals surface area contributed by atoms with Gasteiger partial charge in [0.1, 0.15) is 17.1 Å². The summed E-state index contributed by atoms with van der Waals surface area (Å²) in [4.78, 5) is 22.8. The van der Waals surface area contributed by atoms with Crippen LogP contribution in [0.25, 0.3) is 0 Å². The molecule has 2 rings (SSSR count). The molecule has 2 aromatic rings. The topological polar surface area (TPSA) is 72.8 Å². The molecule has 21 heavy (non-hydrogen) atoms. The van der Waals surface area contributed by atoms with E-state index >= 15 is 0 Å². The molecule has 108 valence electrons. The van der Waals surface area contributed by atoms with Crippen molar-refractivity contribution in [1.82, 2.24) is 0 Å². The summed E-state index contributed by atoms with van der Waals surface area (Å²) in [6.45, 7) is 2.01. The molecule has 0 aliphatic rings.